The molecule has 1 aromatic carbocycles. The monoisotopic (exact) mass is 393 g/mol. The molecule has 29 heavy (non-hydrogen) atoms. The first-order valence-corrected chi connectivity index (χ1v) is 11.0. The molecule has 0 radical (unpaired) electrons. The van der Waals surface area contributed by atoms with Crippen LogP contribution < -0.4 is 9.47 Å². The fourth-order valence-corrected chi connectivity index (χ4v) is 8.41. The smallest absolute Gasteiger partial charge is 0.161 e. The second kappa shape index (κ2) is 5.44. The number of hydrogen-bond acceptors (Lipinski definition) is 5. The zero-order chi connectivity index (χ0) is 19.5. The summed E-state index contributed by atoms with van der Waals surface area (Å²) in [5.74, 6) is 3.25. The first kappa shape index (κ1) is 16.9. The minimum Gasteiger partial charge on any atom is -0.493 e. The van der Waals surface area contributed by atoms with Gasteiger partial charge in [-0.1, -0.05) is 11.6 Å². The zero-order valence-electron chi connectivity index (χ0n) is 17.0. The summed E-state index contributed by atoms with van der Waals surface area (Å²) in [6, 6.07) is 4.85. The molecule has 1 aromatic rings. The van der Waals surface area contributed by atoms with Gasteiger partial charge in [0, 0.05) is 30.3 Å². The number of carbonyl (C=O) groups is 1. The zero-order valence-corrected chi connectivity index (χ0v) is 17.0. The van der Waals surface area contributed by atoms with Gasteiger partial charge < -0.3 is 14.2 Å². The Kier molecular flexibility index (Phi) is 3.17. The number of ketones is 1. The minimum absolute atomic E-state index is 0.0163. The molecule has 2 saturated heterocycles. The van der Waals surface area contributed by atoms with Gasteiger partial charge in [-0.25, -0.2) is 0 Å². The van der Waals surface area contributed by atoms with Gasteiger partial charge in [0.05, 0.1) is 26.9 Å². The van der Waals surface area contributed by atoms with Crippen molar-refractivity contribution in [2.24, 2.45) is 17.8 Å². The van der Waals surface area contributed by atoms with Crippen LogP contribution in [0.2, 0.25) is 0 Å². The number of nitrogens with zero attached hydrogens (tertiary/aromatic N) is 1. The van der Waals surface area contributed by atoms with E-state index >= 15 is 0 Å². The molecule has 0 amide bonds. The van der Waals surface area contributed by atoms with E-state index in [1.807, 2.05) is 0 Å². The van der Waals surface area contributed by atoms with Gasteiger partial charge in [-0.2, -0.15) is 0 Å². The molecule has 7 atom stereocenters. The molecule has 2 bridgehead atoms. The quantitative estimate of drug-likeness (QED) is 0.723. The molecule has 3 aliphatic heterocycles. The van der Waals surface area contributed by atoms with Gasteiger partial charge in [0.15, 0.2) is 11.5 Å². The number of piperidine rings is 1. The maximum Gasteiger partial charge on any atom is 0.161 e. The van der Waals surface area contributed by atoms with E-state index in [0.29, 0.717) is 42.6 Å². The molecule has 6 aliphatic rings. The molecule has 2 unspecified atom stereocenters. The first-order chi connectivity index (χ1) is 14.2. The minimum atomic E-state index is -0.0163. The Balaban J connectivity index is 1.52. The van der Waals surface area contributed by atoms with E-state index < -0.39 is 0 Å². The lowest BCUT2D eigenvalue weighted by Gasteiger charge is -2.58. The summed E-state index contributed by atoms with van der Waals surface area (Å²) in [5.41, 5.74) is 4.19. The normalized spacial score (nSPS) is 43.5. The Morgan fingerprint density at radius 1 is 1.21 bits per heavy atom. The third-order valence-corrected chi connectivity index (χ3v) is 9.25. The van der Waals surface area contributed by atoms with Crippen molar-refractivity contribution in [2.45, 2.75) is 42.7 Å². The molecule has 0 N–H and O–H groups in total. The van der Waals surface area contributed by atoms with Crippen molar-refractivity contribution >= 4 is 5.78 Å². The van der Waals surface area contributed by atoms with Gasteiger partial charge in [-0.15, -0.1) is 0 Å². The highest BCUT2D eigenvalue weighted by atomic mass is 16.5. The van der Waals surface area contributed by atoms with Crippen molar-refractivity contribution in [2.75, 3.05) is 33.9 Å². The Bertz CT molecular complexity index is 970. The standard InChI is InChI=1S/C24H27NO4/c1-27-17-7-14-15(9-18(17)28-2)24-4-5-25-11-12-3-6-29-19-10-16(26)21(14)23(24)22(19)13(12)8-20(24)25/h3,7,9,13,19-23H,4-6,8,10-11H2,1-2H3/t13-,19-,20-,21?,22-,23?,24+/m0/s1. The van der Waals surface area contributed by atoms with Crippen LogP contribution in [0.15, 0.2) is 23.8 Å². The molecule has 3 aliphatic carbocycles. The summed E-state index contributed by atoms with van der Waals surface area (Å²) in [5, 5.41) is 0. The average Bonchev–Trinajstić information content (AvgIpc) is 3.20. The largest absolute Gasteiger partial charge is 0.493 e. The summed E-state index contributed by atoms with van der Waals surface area (Å²) in [4.78, 5) is 16.2. The van der Waals surface area contributed by atoms with Crippen molar-refractivity contribution in [1.29, 1.82) is 0 Å². The second-order valence-corrected chi connectivity index (χ2v) is 9.82. The number of hydrogen-bond donors (Lipinski definition) is 0. The van der Waals surface area contributed by atoms with Crippen molar-refractivity contribution < 1.29 is 19.0 Å². The molecule has 3 heterocycles. The number of methoxy groups -OCH3 is 2. The van der Waals surface area contributed by atoms with Crippen molar-refractivity contribution in [3.63, 3.8) is 0 Å². The van der Waals surface area contributed by atoms with E-state index in [1.165, 1.54) is 17.5 Å². The van der Waals surface area contributed by atoms with Crippen LogP contribution in [0.4, 0.5) is 0 Å². The van der Waals surface area contributed by atoms with Crippen LogP contribution in [-0.4, -0.2) is 56.7 Å². The van der Waals surface area contributed by atoms with Crippen molar-refractivity contribution in [3.05, 3.63) is 34.9 Å². The van der Waals surface area contributed by atoms with Crippen LogP contribution in [-0.2, 0) is 14.9 Å². The van der Waals surface area contributed by atoms with Gasteiger partial charge >= 0.3 is 0 Å². The molecule has 2 saturated carbocycles. The summed E-state index contributed by atoms with van der Waals surface area (Å²) in [6.45, 7) is 2.87. The summed E-state index contributed by atoms with van der Waals surface area (Å²) in [7, 11) is 3.39. The Morgan fingerprint density at radius 2 is 2.03 bits per heavy atom. The van der Waals surface area contributed by atoms with Crippen LogP contribution in [0, 0.1) is 17.8 Å². The Labute approximate surface area is 171 Å². The van der Waals surface area contributed by atoms with Crippen LogP contribution in [0.25, 0.3) is 0 Å². The van der Waals surface area contributed by atoms with Gasteiger partial charge in [0.25, 0.3) is 0 Å². The fourth-order valence-electron chi connectivity index (χ4n) is 8.41. The van der Waals surface area contributed by atoms with Crippen LogP contribution >= 0.6 is 0 Å². The van der Waals surface area contributed by atoms with E-state index in [0.717, 1.165) is 31.0 Å². The maximum atomic E-state index is 13.5. The molecule has 4 fully saturated rings. The van der Waals surface area contributed by atoms with E-state index in [9.17, 15) is 4.79 Å². The van der Waals surface area contributed by atoms with E-state index in [2.05, 4.69) is 23.1 Å². The first-order valence-electron chi connectivity index (χ1n) is 11.0. The Hall–Kier alpha value is -1.85. The molecule has 152 valence electrons. The van der Waals surface area contributed by atoms with E-state index in [-0.39, 0.29) is 17.4 Å². The second-order valence-electron chi connectivity index (χ2n) is 9.82. The number of benzene rings is 1. The fraction of sp³-hybridized carbons (Fsp3) is 0.625. The predicted molar refractivity (Wildman–Crippen MR) is 106 cm³/mol. The molecule has 0 aromatic heterocycles. The molecular weight excluding hydrogens is 366 g/mol. The number of rotatable bonds is 2. The SMILES string of the molecule is COc1cc2c(cc1OC)[C@@]13CCN4CC5=CCO[C@H]6CC(=O)C2C1[C@H]6[C@H]5C[C@H]43. The van der Waals surface area contributed by atoms with Crippen LogP contribution in [0.5, 0.6) is 11.5 Å². The van der Waals surface area contributed by atoms with Crippen LogP contribution in [0.1, 0.15) is 36.3 Å². The summed E-state index contributed by atoms with van der Waals surface area (Å²) < 4.78 is 17.7. The molecular formula is C24H27NO4. The van der Waals surface area contributed by atoms with E-state index in [1.54, 1.807) is 19.8 Å². The number of ether oxygens (including phenoxy) is 3. The Morgan fingerprint density at radius 3 is 2.86 bits per heavy atom. The van der Waals surface area contributed by atoms with Gasteiger partial charge in [0.1, 0.15) is 5.78 Å². The van der Waals surface area contributed by atoms with E-state index in [4.69, 9.17) is 14.2 Å². The van der Waals surface area contributed by atoms with Gasteiger partial charge in [-0.05, 0) is 60.4 Å². The van der Waals surface area contributed by atoms with Gasteiger partial charge in [0.2, 0.25) is 0 Å². The molecule has 1 spiro atoms. The number of carbonyl (C=O) groups excluding carboxylic acids is 1. The lowest BCUT2D eigenvalue weighted by Crippen LogP contribution is -2.62. The number of fused-ring (bicyclic) bond motifs is 2. The highest BCUT2D eigenvalue weighted by molar-refractivity contribution is 5.90. The molecule has 7 rings (SSSR count). The van der Waals surface area contributed by atoms with Crippen molar-refractivity contribution in [1.82, 2.24) is 4.90 Å². The predicted octanol–water partition coefficient (Wildman–Crippen LogP) is 2.68. The third-order valence-electron chi connectivity index (χ3n) is 9.25. The number of Topliss-reactive ketones (excluding diaryl/α,β-unsaturated/α-hetero) is 1. The average molecular weight is 393 g/mol. The molecule has 5 heteroatoms. The highest BCUT2D eigenvalue weighted by Gasteiger charge is 2.71. The van der Waals surface area contributed by atoms with Gasteiger partial charge in [-0.3, -0.25) is 9.69 Å². The maximum absolute atomic E-state index is 13.5. The highest BCUT2D eigenvalue weighted by Crippen LogP contribution is 2.70. The van der Waals surface area contributed by atoms with Crippen molar-refractivity contribution in [3.8, 4) is 11.5 Å². The molecule has 5 nitrogen and oxygen atoms in total. The summed E-state index contributed by atoms with van der Waals surface area (Å²) in [6.07, 6.45) is 5.31. The lowest BCUT2D eigenvalue weighted by molar-refractivity contribution is -0.142. The third kappa shape index (κ3) is 1.80. The van der Waals surface area contributed by atoms with Crippen LogP contribution in [0.3, 0.4) is 0 Å². The lowest BCUT2D eigenvalue weighted by atomic mass is 9.49. The summed E-state index contributed by atoms with van der Waals surface area (Å²) >= 11 is 0. The topological polar surface area (TPSA) is 48.0 Å².